The zero-order valence-electron chi connectivity index (χ0n) is 15.4. The fourth-order valence-corrected chi connectivity index (χ4v) is 3.31. The number of furan rings is 1. The summed E-state index contributed by atoms with van der Waals surface area (Å²) in [5.74, 6) is 0.260. The first-order chi connectivity index (χ1) is 13.6. The van der Waals surface area contributed by atoms with Crippen molar-refractivity contribution in [3.8, 4) is 10.8 Å². The van der Waals surface area contributed by atoms with Crippen LogP contribution in [-0.2, 0) is 22.2 Å². The SMILES string of the molecule is CC(=O)Nc1ccc(C(F)(F)F)cc1NC(=O)Cc1csc(-c2ccc(C)o2)n1. The number of aromatic nitrogens is 1. The van der Waals surface area contributed by atoms with Gasteiger partial charge in [-0.05, 0) is 37.3 Å². The molecule has 152 valence electrons. The number of carbonyl (C=O) groups excluding carboxylic acids is 2. The number of nitrogens with one attached hydrogen (secondary N) is 2. The van der Waals surface area contributed by atoms with E-state index in [9.17, 15) is 22.8 Å². The predicted molar refractivity (Wildman–Crippen MR) is 103 cm³/mol. The van der Waals surface area contributed by atoms with Gasteiger partial charge in [-0.1, -0.05) is 0 Å². The summed E-state index contributed by atoms with van der Waals surface area (Å²) < 4.78 is 44.5. The van der Waals surface area contributed by atoms with Crippen molar-refractivity contribution >= 4 is 34.5 Å². The molecule has 0 aliphatic heterocycles. The Balaban J connectivity index is 1.77. The Morgan fingerprint density at radius 3 is 2.52 bits per heavy atom. The maximum atomic E-state index is 13.0. The minimum atomic E-state index is -4.58. The van der Waals surface area contributed by atoms with Gasteiger partial charge in [0.15, 0.2) is 10.8 Å². The van der Waals surface area contributed by atoms with E-state index in [0.29, 0.717) is 16.5 Å². The Morgan fingerprint density at radius 1 is 1.14 bits per heavy atom. The molecule has 0 saturated carbocycles. The molecular formula is C19H16F3N3O3S. The van der Waals surface area contributed by atoms with Crippen molar-refractivity contribution in [3.63, 3.8) is 0 Å². The molecule has 3 aromatic rings. The lowest BCUT2D eigenvalue weighted by Gasteiger charge is -2.14. The van der Waals surface area contributed by atoms with Crippen molar-refractivity contribution in [3.05, 3.63) is 52.7 Å². The van der Waals surface area contributed by atoms with Crippen LogP contribution in [0, 0.1) is 6.92 Å². The molecule has 2 aromatic heterocycles. The average molecular weight is 423 g/mol. The number of hydrogen-bond donors (Lipinski definition) is 2. The van der Waals surface area contributed by atoms with Crippen LogP contribution in [0.3, 0.4) is 0 Å². The van der Waals surface area contributed by atoms with Crippen LogP contribution in [0.1, 0.15) is 23.9 Å². The van der Waals surface area contributed by atoms with Crippen LogP contribution < -0.4 is 10.6 Å². The normalized spacial score (nSPS) is 11.3. The number of thiazole rings is 1. The minimum Gasteiger partial charge on any atom is -0.459 e. The van der Waals surface area contributed by atoms with E-state index in [1.54, 1.807) is 24.4 Å². The number of amides is 2. The Morgan fingerprint density at radius 2 is 1.90 bits per heavy atom. The number of benzene rings is 1. The highest BCUT2D eigenvalue weighted by atomic mass is 32.1. The monoisotopic (exact) mass is 423 g/mol. The first-order valence-corrected chi connectivity index (χ1v) is 9.29. The second kappa shape index (κ2) is 8.08. The van der Waals surface area contributed by atoms with E-state index in [1.807, 2.05) is 0 Å². The molecule has 0 spiro atoms. The minimum absolute atomic E-state index is 0.0730. The number of aryl methyl sites for hydroxylation is 1. The Hall–Kier alpha value is -3.14. The summed E-state index contributed by atoms with van der Waals surface area (Å²) in [6.07, 6.45) is -4.73. The van der Waals surface area contributed by atoms with E-state index < -0.39 is 23.6 Å². The molecule has 2 heterocycles. The van der Waals surface area contributed by atoms with Crippen LogP contribution in [0.2, 0.25) is 0 Å². The zero-order chi connectivity index (χ0) is 21.2. The third kappa shape index (κ3) is 5.23. The van der Waals surface area contributed by atoms with Crippen molar-refractivity contribution in [2.75, 3.05) is 10.6 Å². The number of nitrogens with zero attached hydrogens (tertiary/aromatic N) is 1. The van der Waals surface area contributed by atoms with Gasteiger partial charge in [0.2, 0.25) is 11.8 Å². The maximum absolute atomic E-state index is 13.0. The molecular weight excluding hydrogens is 407 g/mol. The molecule has 0 atom stereocenters. The molecule has 0 aliphatic carbocycles. The number of halogens is 3. The summed E-state index contributed by atoms with van der Waals surface area (Å²) in [7, 11) is 0. The number of anilines is 2. The Bertz CT molecular complexity index is 1060. The predicted octanol–water partition coefficient (Wildman–Crippen LogP) is 4.87. The van der Waals surface area contributed by atoms with Crippen LogP contribution >= 0.6 is 11.3 Å². The summed E-state index contributed by atoms with van der Waals surface area (Å²) in [4.78, 5) is 28.0. The fraction of sp³-hybridized carbons (Fsp3) is 0.211. The van der Waals surface area contributed by atoms with Crippen molar-refractivity contribution in [2.45, 2.75) is 26.4 Å². The Labute approximate surface area is 167 Å². The highest BCUT2D eigenvalue weighted by molar-refractivity contribution is 7.13. The van der Waals surface area contributed by atoms with Crippen molar-refractivity contribution in [2.24, 2.45) is 0 Å². The highest BCUT2D eigenvalue weighted by Crippen LogP contribution is 2.34. The van der Waals surface area contributed by atoms with E-state index in [1.165, 1.54) is 18.3 Å². The first kappa shape index (κ1) is 20.6. The molecule has 2 amide bonds. The average Bonchev–Trinajstić information content (AvgIpc) is 3.24. The molecule has 0 saturated heterocycles. The van der Waals surface area contributed by atoms with Gasteiger partial charge < -0.3 is 15.1 Å². The van der Waals surface area contributed by atoms with Crippen molar-refractivity contribution < 1.29 is 27.2 Å². The third-order valence-electron chi connectivity index (χ3n) is 3.78. The third-order valence-corrected chi connectivity index (χ3v) is 4.68. The van der Waals surface area contributed by atoms with Gasteiger partial charge in [0.1, 0.15) is 5.76 Å². The zero-order valence-corrected chi connectivity index (χ0v) is 16.2. The van der Waals surface area contributed by atoms with Crippen LogP contribution in [0.25, 0.3) is 10.8 Å². The lowest BCUT2D eigenvalue weighted by molar-refractivity contribution is -0.137. The molecule has 2 N–H and O–H groups in total. The Kier molecular flexibility index (Phi) is 5.73. The summed E-state index contributed by atoms with van der Waals surface area (Å²) in [6, 6.07) is 6.26. The van der Waals surface area contributed by atoms with E-state index in [-0.39, 0.29) is 17.8 Å². The van der Waals surface area contributed by atoms with Crippen LogP contribution in [0.15, 0.2) is 40.1 Å². The molecule has 1 aromatic carbocycles. The number of rotatable bonds is 5. The van der Waals surface area contributed by atoms with E-state index in [2.05, 4.69) is 15.6 Å². The fourth-order valence-electron chi connectivity index (χ4n) is 2.53. The van der Waals surface area contributed by atoms with E-state index in [0.717, 1.165) is 24.0 Å². The number of carbonyl (C=O) groups is 2. The van der Waals surface area contributed by atoms with Crippen LogP contribution in [0.5, 0.6) is 0 Å². The first-order valence-electron chi connectivity index (χ1n) is 8.41. The summed E-state index contributed by atoms with van der Waals surface area (Å²) in [6.45, 7) is 3.02. The van der Waals surface area contributed by atoms with Crippen LogP contribution in [-0.4, -0.2) is 16.8 Å². The van der Waals surface area contributed by atoms with Crippen molar-refractivity contribution in [1.29, 1.82) is 0 Å². The standard InChI is InChI=1S/C19H16F3N3O3S/c1-10-3-6-16(28-10)18-24-13(9-29-18)8-17(27)25-15-7-12(19(20,21)22)4-5-14(15)23-11(2)26/h3-7,9H,8H2,1-2H3,(H,23,26)(H,25,27). The van der Waals surface area contributed by atoms with Gasteiger partial charge in [-0.15, -0.1) is 11.3 Å². The molecule has 29 heavy (non-hydrogen) atoms. The van der Waals surface area contributed by atoms with Gasteiger partial charge >= 0.3 is 6.18 Å². The second-order valence-corrected chi connectivity index (χ2v) is 7.08. The largest absolute Gasteiger partial charge is 0.459 e. The van der Waals surface area contributed by atoms with Crippen molar-refractivity contribution in [1.82, 2.24) is 4.98 Å². The second-order valence-electron chi connectivity index (χ2n) is 6.22. The molecule has 0 unspecified atom stereocenters. The number of hydrogen-bond acceptors (Lipinski definition) is 5. The van der Waals surface area contributed by atoms with E-state index >= 15 is 0 Å². The topological polar surface area (TPSA) is 84.2 Å². The molecule has 0 bridgehead atoms. The van der Waals surface area contributed by atoms with Gasteiger partial charge in [0.25, 0.3) is 0 Å². The maximum Gasteiger partial charge on any atom is 0.416 e. The summed E-state index contributed by atoms with van der Waals surface area (Å²) in [5, 5.41) is 7.09. The van der Waals surface area contributed by atoms with Gasteiger partial charge in [0.05, 0.1) is 29.1 Å². The summed E-state index contributed by atoms with van der Waals surface area (Å²) >= 11 is 1.29. The molecule has 10 heteroatoms. The lowest BCUT2D eigenvalue weighted by atomic mass is 10.1. The lowest BCUT2D eigenvalue weighted by Crippen LogP contribution is -2.18. The van der Waals surface area contributed by atoms with Gasteiger partial charge in [-0.2, -0.15) is 13.2 Å². The summed E-state index contributed by atoms with van der Waals surface area (Å²) in [5.41, 5.74) is -0.559. The van der Waals surface area contributed by atoms with Gasteiger partial charge in [0, 0.05) is 12.3 Å². The molecule has 0 fully saturated rings. The smallest absolute Gasteiger partial charge is 0.416 e. The van der Waals surface area contributed by atoms with Gasteiger partial charge in [-0.25, -0.2) is 4.98 Å². The quantitative estimate of drug-likeness (QED) is 0.613. The highest BCUT2D eigenvalue weighted by Gasteiger charge is 2.31. The number of alkyl halides is 3. The molecule has 6 nitrogen and oxygen atoms in total. The molecule has 3 rings (SSSR count). The van der Waals surface area contributed by atoms with Gasteiger partial charge in [-0.3, -0.25) is 9.59 Å². The van der Waals surface area contributed by atoms with E-state index in [4.69, 9.17) is 4.42 Å². The molecule has 0 aliphatic rings. The van der Waals surface area contributed by atoms with Crippen LogP contribution in [0.4, 0.5) is 24.5 Å². The molecule has 0 radical (unpaired) electrons.